The summed E-state index contributed by atoms with van der Waals surface area (Å²) in [4.78, 5) is 15.6. The van der Waals surface area contributed by atoms with E-state index in [2.05, 4.69) is 11.1 Å². The first-order valence-electron chi connectivity index (χ1n) is 5.97. The molecule has 5 heteroatoms. The molecule has 0 fully saturated rings. The molecular weight excluding hydrogens is 240 g/mol. The number of carbonyl (C=O) groups is 1. The molecule has 96 valence electrons. The van der Waals surface area contributed by atoms with Crippen LogP contribution in [0.5, 0.6) is 0 Å². The van der Waals surface area contributed by atoms with Crippen LogP contribution in [0.2, 0.25) is 0 Å². The number of imidazole rings is 1. The first-order valence-corrected chi connectivity index (χ1v) is 5.97. The van der Waals surface area contributed by atoms with Crippen LogP contribution in [0.3, 0.4) is 0 Å². The van der Waals surface area contributed by atoms with E-state index in [4.69, 9.17) is 11.0 Å². The zero-order valence-electron chi connectivity index (χ0n) is 10.4. The van der Waals surface area contributed by atoms with Crippen LogP contribution in [0.4, 0.5) is 0 Å². The Bertz CT molecular complexity index is 610. The van der Waals surface area contributed by atoms with Gasteiger partial charge in [-0.15, -0.1) is 0 Å². The number of primary amides is 1. The Balaban J connectivity index is 2.25. The molecule has 2 N–H and O–H groups in total. The normalized spacial score (nSPS) is 10.1. The molecule has 2 rings (SSSR count). The molecule has 0 aliphatic heterocycles. The van der Waals surface area contributed by atoms with Crippen molar-refractivity contribution in [3.63, 3.8) is 0 Å². The summed E-state index contributed by atoms with van der Waals surface area (Å²) < 4.78 is 1.73. The number of nitrogens with two attached hydrogens (primary N) is 1. The molecule has 0 saturated heterocycles. The first kappa shape index (κ1) is 12.8. The van der Waals surface area contributed by atoms with Gasteiger partial charge in [-0.3, -0.25) is 4.79 Å². The average molecular weight is 254 g/mol. The smallest absolute Gasteiger partial charge is 0.284 e. The molecule has 0 aliphatic carbocycles. The second-order valence-corrected chi connectivity index (χ2v) is 4.19. The number of rotatable bonds is 5. The summed E-state index contributed by atoms with van der Waals surface area (Å²) in [5.41, 5.74) is 7.10. The van der Waals surface area contributed by atoms with Gasteiger partial charge in [0.1, 0.15) is 0 Å². The maximum Gasteiger partial charge on any atom is 0.284 e. The zero-order chi connectivity index (χ0) is 13.7. The summed E-state index contributed by atoms with van der Waals surface area (Å²) in [6, 6.07) is 11.8. The van der Waals surface area contributed by atoms with Crippen molar-refractivity contribution in [2.75, 3.05) is 0 Å². The second kappa shape index (κ2) is 5.83. The Morgan fingerprint density at radius 3 is 2.74 bits per heavy atom. The predicted molar refractivity (Wildman–Crippen MR) is 70.2 cm³/mol. The van der Waals surface area contributed by atoms with E-state index in [0.29, 0.717) is 25.1 Å². The van der Waals surface area contributed by atoms with Gasteiger partial charge < -0.3 is 10.3 Å². The van der Waals surface area contributed by atoms with Gasteiger partial charge in [0.15, 0.2) is 5.82 Å². The van der Waals surface area contributed by atoms with Crippen LogP contribution in [0.1, 0.15) is 28.3 Å². The molecule has 0 atom stereocenters. The Labute approximate surface area is 111 Å². The van der Waals surface area contributed by atoms with Gasteiger partial charge in [0.2, 0.25) is 0 Å². The quantitative estimate of drug-likeness (QED) is 0.877. The van der Waals surface area contributed by atoms with Crippen molar-refractivity contribution < 1.29 is 4.79 Å². The van der Waals surface area contributed by atoms with Crippen molar-refractivity contribution in [3.8, 4) is 6.07 Å². The molecule has 0 unspecified atom stereocenters. The lowest BCUT2D eigenvalue weighted by molar-refractivity contribution is 0.0986. The van der Waals surface area contributed by atoms with Crippen LogP contribution >= 0.6 is 0 Å². The highest BCUT2D eigenvalue weighted by Crippen LogP contribution is 2.09. The molecule has 0 aliphatic rings. The van der Waals surface area contributed by atoms with E-state index in [9.17, 15) is 4.79 Å². The van der Waals surface area contributed by atoms with E-state index < -0.39 is 5.91 Å². The summed E-state index contributed by atoms with van der Waals surface area (Å²) >= 11 is 0. The molecule has 1 aromatic carbocycles. The van der Waals surface area contributed by atoms with Crippen molar-refractivity contribution in [1.82, 2.24) is 9.55 Å². The van der Waals surface area contributed by atoms with Crippen molar-refractivity contribution in [2.45, 2.75) is 19.4 Å². The summed E-state index contributed by atoms with van der Waals surface area (Å²) in [7, 11) is 0. The number of hydrogen-bond acceptors (Lipinski definition) is 3. The van der Waals surface area contributed by atoms with Crippen LogP contribution in [0.15, 0.2) is 36.5 Å². The van der Waals surface area contributed by atoms with Gasteiger partial charge >= 0.3 is 0 Å². The van der Waals surface area contributed by atoms with E-state index in [1.807, 2.05) is 30.3 Å². The SMILES string of the molecule is N#CCCc1cn(Cc2ccccc2)c(C(N)=O)n1. The highest BCUT2D eigenvalue weighted by atomic mass is 16.1. The lowest BCUT2D eigenvalue weighted by Gasteiger charge is -2.04. The van der Waals surface area contributed by atoms with Crippen molar-refractivity contribution in [3.05, 3.63) is 53.6 Å². The average Bonchev–Trinajstić information content (AvgIpc) is 2.81. The monoisotopic (exact) mass is 254 g/mol. The maximum atomic E-state index is 11.4. The molecule has 1 aromatic heterocycles. The van der Waals surface area contributed by atoms with Crippen LogP contribution in [0.25, 0.3) is 0 Å². The summed E-state index contributed by atoms with van der Waals surface area (Å²) in [5, 5.41) is 8.57. The molecule has 1 amide bonds. The molecule has 2 aromatic rings. The predicted octanol–water partition coefficient (Wildman–Crippen LogP) is 1.49. The third kappa shape index (κ3) is 3.19. The largest absolute Gasteiger partial charge is 0.363 e. The minimum absolute atomic E-state index is 0.233. The van der Waals surface area contributed by atoms with Crippen LogP contribution in [-0.4, -0.2) is 15.5 Å². The van der Waals surface area contributed by atoms with E-state index in [1.54, 1.807) is 10.8 Å². The van der Waals surface area contributed by atoms with Crippen LogP contribution in [0, 0.1) is 11.3 Å². The minimum atomic E-state index is -0.556. The summed E-state index contributed by atoms with van der Waals surface area (Å²) in [5.74, 6) is -0.323. The maximum absolute atomic E-state index is 11.4. The standard InChI is InChI=1S/C14H14N4O/c15-8-4-7-12-10-18(14(17-12)13(16)19)9-11-5-2-1-3-6-11/h1-3,5-6,10H,4,7,9H2,(H2,16,19). The van der Waals surface area contributed by atoms with Crippen molar-refractivity contribution in [2.24, 2.45) is 5.73 Å². The van der Waals surface area contributed by atoms with E-state index in [0.717, 1.165) is 5.56 Å². The third-order valence-electron chi connectivity index (χ3n) is 2.74. The Hall–Kier alpha value is -2.61. The van der Waals surface area contributed by atoms with Gasteiger partial charge in [-0.05, 0) is 5.56 Å². The lowest BCUT2D eigenvalue weighted by atomic mass is 10.2. The van der Waals surface area contributed by atoms with Crippen LogP contribution < -0.4 is 5.73 Å². The van der Waals surface area contributed by atoms with Crippen molar-refractivity contribution >= 4 is 5.91 Å². The van der Waals surface area contributed by atoms with E-state index in [-0.39, 0.29) is 5.82 Å². The van der Waals surface area contributed by atoms with Gasteiger partial charge in [-0.2, -0.15) is 5.26 Å². The second-order valence-electron chi connectivity index (χ2n) is 4.19. The zero-order valence-corrected chi connectivity index (χ0v) is 10.4. The molecule has 0 saturated carbocycles. The molecule has 19 heavy (non-hydrogen) atoms. The Kier molecular flexibility index (Phi) is 3.94. The molecule has 5 nitrogen and oxygen atoms in total. The topological polar surface area (TPSA) is 84.7 Å². The molecular formula is C14H14N4O. The fourth-order valence-electron chi connectivity index (χ4n) is 1.87. The van der Waals surface area contributed by atoms with Gasteiger partial charge in [0, 0.05) is 25.6 Å². The van der Waals surface area contributed by atoms with E-state index >= 15 is 0 Å². The fraction of sp³-hybridized carbons (Fsp3) is 0.214. The third-order valence-corrected chi connectivity index (χ3v) is 2.74. The molecule has 0 spiro atoms. The number of nitriles is 1. The van der Waals surface area contributed by atoms with Gasteiger partial charge in [0.25, 0.3) is 5.91 Å². The number of amides is 1. The highest BCUT2D eigenvalue weighted by molar-refractivity contribution is 5.89. The van der Waals surface area contributed by atoms with Gasteiger partial charge in [-0.1, -0.05) is 30.3 Å². The Morgan fingerprint density at radius 1 is 1.37 bits per heavy atom. The summed E-state index contributed by atoms with van der Waals surface area (Å²) in [6.45, 7) is 0.540. The summed E-state index contributed by atoms with van der Waals surface area (Å²) in [6.07, 6.45) is 2.68. The number of carbonyl (C=O) groups excluding carboxylic acids is 1. The number of aromatic nitrogens is 2. The van der Waals surface area contributed by atoms with Gasteiger partial charge in [0.05, 0.1) is 11.8 Å². The Morgan fingerprint density at radius 2 is 2.11 bits per heavy atom. The minimum Gasteiger partial charge on any atom is -0.363 e. The van der Waals surface area contributed by atoms with E-state index in [1.165, 1.54) is 0 Å². The van der Waals surface area contributed by atoms with Crippen LogP contribution in [-0.2, 0) is 13.0 Å². The molecule has 0 radical (unpaired) electrons. The molecule has 1 heterocycles. The number of nitrogens with zero attached hydrogens (tertiary/aromatic N) is 3. The highest BCUT2D eigenvalue weighted by Gasteiger charge is 2.12. The van der Waals surface area contributed by atoms with Crippen molar-refractivity contribution in [1.29, 1.82) is 5.26 Å². The number of benzene rings is 1. The number of aryl methyl sites for hydroxylation is 1. The van der Waals surface area contributed by atoms with Gasteiger partial charge in [-0.25, -0.2) is 4.98 Å². The molecule has 0 bridgehead atoms. The number of hydrogen-bond donors (Lipinski definition) is 1. The lowest BCUT2D eigenvalue weighted by Crippen LogP contribution is -2.18. The fourth-order valence-corrected chi connectivity index (χ4v) is 1.87. The first-order chi connectivity index (χ1) is 9.20.